The van der Waals surface area contributed by atoms with Gasteiger partial charge in [-0.05, 0) is 18.1 Å². The molecule has 1 aromatic heterocycles. The maximum atomic E-state index is 12.7. The van der Waals surface area contributed by atoms with E-state index in [2.05, 4.69) is 23.0 Å². The second kappa shape index (κ2) is 8.98. The minimum absolute atomic E-state index is 0.256. The summed E-state index contributed by atoms with van der Waals surface area (Å²) in [4.78, 5) is 25.7. The maximum absolute atomic E-state index is 12.7. The Morgan fingerprint density at radius 1 is 1.29 bits per heavy atom. The Hall–Kier alpha value is -2.72. The molecular weight excluding hydrogens is 354 g/mol. The highest BCUT2D eigenvalue weighted by Crippen LogP contribution is 2.28. The van der Waals surface area contributed by atoms with Crippen molar-refractivity contribution in [2.75, 3.05) is 44.7 Å². The lowest BCUT2D eigenvalue weighted by Crippen LogP contribution is -3.12. The summed E-state index contributed by atoms with van der Waals surface area (Å²) in [7, 11) is 2.16. The zero-order valence-electron chi connectivity index (χ0n) is 16.8. The van der Waals surface area contributed by atoms with E-state index in [0.29, 0.717) is 23.6 Å². The number of piperazine rings is 1. The fraction of sp³-hybridized carbons (Fsp3) is 0.524. The normalized spacial score (nSPS) is 17.1. The molecule has 1 aliphatic heterocycles. The predicted octanol–water partition coefficient (Wildman–Crippen LogP) is 1.16. The van der Waals surface area contributed by atoms with Crippen molar-refractivity contribution >= 4 is 22.8 Å². The highest BCUT2D eigenvalue weighted by Gasteiger charge is 2.31. The molecule has 148 valence electrons. The maximum Gasteiger partial charge on any atom is 0.329 e. The molecule has 0 spiro atoms. The number of rotatable bonds is 6. The molecule has 2 heterocycles. The van der Waals surface area contributed by atoms with Crippen LogP contribution in [0.1, 0.15) is 31.9 Å². The Morgan fingerprint density at radius 3 is 2.54 bits per heavy atom. The number of benzene rings is 1. The molecular formula is C21H28N5O2+. The van der Waals surface area contributed by atoms with Gasteiger partial charge >= 0.3 is 5.97 Å². The summed E-state index contributed by atoms with van der Waals surface area (Å²) in [6, 6.07) is 9.65. The third kappa shape index (κ3) is 4.39. The number of nitrogens with one attached hydrogen (secondary N) is 1. The smallest absolute Gasteiger partial charge is 0.329 e. The lowest BCUT2D eigenvalue weighted by Gasteiger charge is -2.32. The van der Waals surface area contributed by atoms with Crippen molar-refractivity contribution in [3.63, 3.8) is 0 Å². The van der Waals surface area contributed by atoms with Crippen LogP contribution in [0.15, 0.2) is 24.3 Å². The van der Waals surface area contributed by atoms with E-state index < -0.39 is 11.9 Å². The predicted molar refractivity (Wildman–Crippen MR) is 107 cm³/mol. The number of nitriles is 1. The minimum Gasteiger partial charge on any atom is -0.464 e. The van der Waals surface area contributed by atoms with Crippen molar-refractivity contribution in [3.05, 3.63) is 30.0 Å². The number of aromatic nitrogens is 2. The van der Waals surface area contributed by atoms with Crippen LogP contribution in [0, 0.1) is 17.2 Å². The number of hydrogen-bond acceptors (Lipinski definition) is 6. The zero-order chi connectivity index (χ0) is 20.1. The van der Waals surface area contributed by atoms with Gasteiger partial charge in [-0.1, -0.05) is 32.4 Å². The molecule has 0 amide bonds. The van der Waals surface area contributed by atoms with Gasteiger partial charge in [0.1, 0.15) is 5.69 Å². The number of anilines is 1. The van der Waals surface area contributed by atoms with Gasteiger partial charge in [-0.2, -0.15) is 5.26 Å². The number of esters is 1. The van der Waals surface area contributed by atoms with E-state index in [1.54, 1.807) is 0 Å². The molecule has 0 bridgehead atoms. The molecule has 1 fully saturated rings. The highest BCUT2D eigenvalue weighted by atomic mass is 16.5. The fourth-order valence-corrected chi connectivity index (χ4v) is 3.18. The van der Waals surface area contributed by atoms with E-state index >= 15 is 0 Å². The van der Waals surface area contributed by atoms with Crippen molar-refractivity contribution < 1.29 is 14.4 Å². The molecule has 28 heavy (non-hydrogen) atoms. The molecule has 2 aromatic rings. The quantitative estimate of drug-likeness (QED) is 0.755. The molecule has 7 nitrogen and oxygen atoms in total. The van der Waals surface area contributed by atoms with Gasteiger partial charge in [-0.3, -0.25) is 4.79 Å². The van der Waals surface area contributed by atoms with Crippen LogP contribution in [0.5, 0.6) is 0 Å². The molecule has 1 aliphatic rings. The summed E-state index contributed by atoms with van der Waals surface area (Å²) in [6.45, 7) is 7.94. The number of para-hydroxylation sites is 2. The summed E-state index contributed by atoms with van der Waals surface area (Å²) in [5.41, 5.74) is 1.84. The molecule has 0 unspecified atom stereocenters. The van der Waals surface area contributed by atoms with E-state index in [0.717, 1.165) is 38.1 Å². The lowest BCUT2D eigenvalue weighted by atomic mass is 10.1. The second-order valence-electron chi connectivity index (χ2n) is 7.57. The van der Waals surface area contributed by atoms with Crippen LogP contribution in [0.4, 0.5) is 5.82 Å². The van der Waals surface area contributed by atoms with Crippen LogP contribution < -0.4 is 9.80 Å². The molecule has 1 saturated heterocycles. The van der Waals surface area contributed by atoms with Crippen molar-refractivity contribution in [1.29, 1.82) is 5.26 Å². The van der Waals surface area contributed by atoms with Gasteiger partial charge in [0, 0.05) is 0 Å². The SMILES string of the molecule is CC[C@H](C)COC(=O)[C@@H](C#N)c1nc2ccccc2nc1N1CC[NH+](C)CC1. The first-order chi connectivity index (χ1) is 13.5. The Balaban J connectivity index is 1.97. The summed E-state index contributed by atoms with van der Waals surface area (Å²) in [6.07, 6.45) is 0.912. The Labute approximate surface area is 165 Å². The van der Waals surface area contributed by atoms with Crippen LogP contribution in [0.3, 0.4) is 0 Å². The van der Waals surface area contributed by atoms with Gasteiger partial charge in [0.2, 0.25) is 0 Å². The number of likely N-dealkylation sites (N-methyl/N-ethyl adjacent to an activating group) is 1. The number of carbonyl (C=O) groups is 1. The minimum atomic E-state index is -1.08. The third-order valence-corrected chi connectivity index (χ3v) is 5.34. The first kappa shape index (κ1) is 20.0. The summed E-state index contributed by atoms with van der Waals surface area (Å²) < 4.78 is 5.42. The van der Waals surface area contributed by atoms with Crippen LogP contribution >= 0.6 is 0 Å². The number of fused-ring (bicyclic) bond motifs is 1. The van der Waals surface area contributed by atoms with Gasteiger partial charge < -0.3 is 14.5 Å². The molecule has 0 aliphatic carbocycles. The average molecular weight is 382 g/mol. The third-order valence-electron chi connectivity index (χ3n) is 5.34. The van der Waals surface area contributed by atoms with E-state index in [1.165, 1.54) is 4.90 Å². The molecule has 3 rings (SSSR count). The topological polar surface area (TPSA) is 83.5 Å². The van der Waals surface area contributed by atoms with Crippen LogP contribution in [0.25, 0.3) is 11.0 Å². The van der Waals surface area contributed by atoms with Crippen LogP contribution in [0.2, 0.25) is 0 Å². The number of ether oxygens (including phenoxy) is 1. The van der Waals surface area contributed by atoms with E-state index in [-0.39, 0.29) is 5.92 Å². The van der Waals surface area contributed by atoms with Crippen LogP contribution in [-0.4, -0.2) is 55.8 Å². The van der Waals surface area contributed by atoms with Gasteiger partial charge in [-0.15, -0.1) is 0 Å². The monoisotopic (exact) mass is 382 g/mol. The molecule has 1 aromatic carbocycles. The number of quaternary nitrogens is 1. The van der Waals surface area contributed by atoms with Gasteiger partial charge in [0.05, 0.1) is 56.9 Å². The van der Waals surface area contributed by atoms with Gasteiger partial charge in [0.25, 0.3) is 0 Å². The van der Waals surface area contributed by atoms with Crippen molar-refractivity contribution in [2.45, 2.75) is 26.2 Å². The Bertz CT molecular complexity index is 871. The Morgan fingerprint density at radius 2 is 1.93 bits per heavy atom. The lowest BCUT2D eigenvalue weighted by molar-refractivity contribution is -0.880. The summed E-state index contributed by atoms with van der Waals surface area (Å²) >= 11 is 0. The highest BCUT2D eigenvalue weighted by molar-refractivity contribution is 5.85. The van der Waals surface area contributed by atoms with E-state index in [9.17, 15) is 10.1 Å². The standard InChI is InChI=1S/C21H27N5O2/c1-4-15(2)14-28-21(27)16(13-22)19-20(26-11-9-25(3)10-12-26)24-18-8-6-5-7-17(18)23-19/h5-8,15-16H,4,9-12,14H2,1-3H3/p+1/t15-,16-/m0/s1. The van der Waals surface area contributed by atoms with Crippen molar-refractivity contribution in [1.82, 2.24) is 9.97 Å². The molecule has 1 N–H and O–H groups in total. The van der Waals surface area contributed by atoms with E-state index in [1.807, 2.05) is 38.1 Å². The molecule has 2 atom stereocenters. The van der Waals surface area contributed by atoms with Crippen LogP contribution in [-0.2, 0) is 9.53 Å². The molecule has 7 heteroatoms. The number of hydrogen-bond donors (Lipinski definition) is 1. The summed E-state index contributed by atoms with van der Waals surface area (Å²) in [5.74, 6) is -0.749. The van der Waals surface area contributed by atoms with Gasteiger partial charge in [-0.25, -0.2) is 9.97 Å². The average Bonchev–Trinajstić information content (AvgIpc) is 2.72. The molecule has 0 saturated carbocycles. The van der Waals surface area contributed by atoms with Crippen molar-refractivity contribution in [2.24, 2.45) is 5.92 Å². The second-order valence-corrected chi connectivity index (χ2v) is 7.57. The first-order valence-electron chi connectivity index (χ1n) is 9.92. The summed E-state index contributed by atoms with van der Waals surface area (Å²) in [5, 5.41) is 9.77. The zero-order valence-corrected chi connectivity index (χ0v) is 16.8. The molecule has 0 radical (unpaired) electrons. The number of nitrogens with zero attached hydrogens (tertiary/aromatic N) is 4. The Kier molecular flexibility index (Phi) is 6.42. The number of carbonyl (C=O) groups excluding carboxylic acids is 1. The first-order valence-corrected chi connectivity index (χ1v) is 9.92. The van der Waals surface area contributed by atoms with E-state index in [4.69, 9.17) is 9.72 Å². The van der Waals surface area contributed by atoms with Gasteiger partial charge in [0.15, 0.2) is 11.7 Å². The van der Waals surface area contributed by atoms with Crippen molar-refractivity contribution in [3.8, 4) is 6.07 Å². The largest absolute Gasteiger partial charge is 0.464 e. The fourth-order valence-electron chi connectivity index (χ4n) is 3.18.